The summed E-state index contributed by atoms with van der Waals surface area (Å²) in [4.78, 5) is 4.78. The van der Waals surface area contributed by atoms with Crippen LogP contribution < -0.4 is 0 Å². The Kier molecular flexibility index (Phi) is 4.12. The molecule has 0 aliphatic carbocycles. The lowest BCUT2D eigenvalue weighted by atomic mass is 10.1. The zero-order valence-electron chi connectivity index (χ0n) is 11.5. The molecule has 2 saturated heterocycles. The molecule has 3 rings (SSSR count). The molecule has 106 valence electrons. The Morgan fingerprint density at radius 2 is 2.00 bits per heavy atom. The van der Waals surface area contributed by atoms with Gasteiger partial charge in [-0.25, -0.2) is 0 Å². The highest BCUT2D eigenvalue weighted by Gasteiger charge is 2.36. The highest BCUT2D eigenvalue weighted by molar-refractivity contribution is 7.11. The number of likely N-dealkylation sites (tertiary alicyclic amines) is 2. The topological polar surface area (TPSA) is 52.5 Å². The van der Waals surface area contributed by atoms with Gasteiger partial charge in [0.15, 0.2) is 0 Å². The quantitative estimate of drug-likeness (QED) is 0.892. The molecule has 0 bridgehead atoms. The fraction of sp³-hybridized carbons (Fsp3) is 0.846. The second-order valence-electron chi connectivity index (χ2n) is 5.64. The maximum atomic E-state index is 10.3. The van der Waals surface area contributed by atoms with Gasteiger partial charge < -0.3 is 5.11 Å². The van der Waals surface area contributed by atoms with Crippen LogP contribution in [0.1, 0.15) is 29.3 Å². The van der Waals surface area contributed by atoms with Gasteiger partial charge in [0.25, 0.3) is 0 Å². The zero-order valence-corrected chi connectivity index (χ0v) is 12.3. The monoisotopic (exact) mass is 282 g/mol. The SMILES string of the molecule is Cc1nnc(CN2CC(O)C(N3CCCCC3)C2)s1. The third-order valence-electron chi connectivity index (χ3n) is 4.12. The smallest absolute Gasteiger partial charge is 0.131 e. The fourth-order valence-electron chi connectivity index (χ4n) is 3.18. The van der Waals surface area contributed by atoms with E-state index in [1.54, 1.807) is 11.3 Å². The van der Waals surface area contributed by atoms with Crippen molar-refractivity contribution in [1.82, 2.24) is 20.0 Å². The maximum Gasteiger partial charge on any atom is 0.131 e. The van der Waals surface area contributed by atoms with Crippen molar-refractivity contribution in [3.8, 4) is 0 Å². The Labute approximate surface area is 118 Å². The molecular weight excluding hydrogens is 260 g/mol. The van der Waals surface area contributed by atoms with Crippen LogP contribution in [0.3, 0.4) is 0 Å². The summed E-state index contributed by atoms with van der Waals surface area (Å²) >= 11 is 1.65. The molecule has 0 amide bonds. The number of nitrogens with zero attached hydrogens (tertiary/aromatic N) is 4. The fourth-order valence-corrected chi connectivity index (χ4v) is 3.93. The Bertz CT molecular complexity index is 419. The van der Waals surface area contributed by atoms with Gasteiger partial charge in [-0.05, 0) is 32.9 Å². The summed E-state index contributed by atoms with van der Waals surface area (Å²) in [6, 6.07) is 0.314. The summed E-state index contributed by atoms with van der Waals surface area (Å²) < 4.78 is 0. The molecule has 0 saturated carbocycles. The van der Waals surface area contributed by atoms with Gasteiger partial charge in [0.05, 0.1) is 12.6 Å². The normalized spacial score (nSPS) is 30.0. The Hall–Kier alpha value is -0.560. The average Bonchev–Trinajstić information content (AvgIpc) is 2.97. The number of aryl methyl sites for hydroxylation is 1. The van der Waals surface area contributed by atoms with Crippen LogP contribution in [0.15, 0.2) is 0 Å². The van der Waals surface area contributed by atoms with Crippen molar-refractivity contribution in [3.05, 3.63) is 10.0 Å². The molecule has 1 aromatic rings. The minimum absolute atomic E-state index is 0.216. The summed E-state index contributed by atoms with van der Waals surface area (Å²) in [5.74, 6) is 0. The summed E-state index contributed by atoms with van der Waals surface area (Å²) in [7, 11) is 0. The first-order chi connectivity index (χ1) is 9.22. The van der Waals surface area contributed by atoms with Crippen LogP contribution in [0, 0.1) is 6.92 Å². The van der Waals surface area contributed by atoms with Crippen LogP contribution in [0.5, 0.6) is 0 Å². The van der Waals surface area contributed by atoms with Gasteiger partial charge in [0, 0.05) is 19.1 Å². The van der Waals surface area contributed by atoms with Gasteiger partial charge in [-0.3, -0.25) is 9.80 Å². The van der Waals surface area contributed by atoms with E-state index in [0.717, 1.165) is 42.7 Å². The Balaban J connectivity index is 1.58. The van der Waals surface area contributed by atoms with E-state index in [9.17, 15) is 5.11 Å². The van der Waals surface area contributed by atoms with Crippen LogP contribution in [0.2, 0.25) is 0 Å². The van der Waals surface area contributed by atoms with Crippen molar-refractivity contribution in [1.29, 1.82) is 0 Å². The Morgan fingerprint density at radius 1 is 1.21 bits per heavy atom. The van der Waals surface area contributed by atoms with Gasteiger partial charge in [-0.1, -0.05) is 6.42 Å². The second kappa shape index (κ2) is 5.83. The number of hydrogen-bond acceptors (Lipinski definition) is 6. The molecule has 1 aromatic heterocycles. The lowest BCUT2D eigenvalue weighted by Crippen LogP contribution is -2.45. The first-order valence-electron chi connectivity index (χ1n) is 7.16. The number of piperidine rings is 1. The van der Waals surface area contributed by atoms with E-state index >= 15 is 0 Å². The maximum absolute atomic E-state index is 10.3. The molecule has 0 spiro atoms. The van der Waals surface area contributed by atoms with Crippen molar-refractivity contribution in [2.24, 2.45) is 0 Å². The third-order valence-corrected chi connectivity index (χ3v) is 4.94. The summed E-state index contributed by atoms with van der Waals surface area (Å²) in [6.45, 7) is 6.82. The van der Waals surface area contributed by atoms with E-state index in [4.69, 9.17) is 0 Å². The summed E-state index contributed by atoms with van der Waals surface area (Å²) in [5, 5.41) is 20.6. The predicted molar refractivity (Wildman–Crippen MR) is 75.1 cm³/mol. The van der Waals surface area contributed by atoms with Crippen LogP contribution >= 0.6 is 11.3 Å². The molecule has 5 nitrogen and oxygen atoms in total. The summed E-state index contributed by atoms with van der Waals surface area (Å²) in [6.07, 6.45) is 3.68. The van der Waals surface area contributed by atoms with Crippen LogP contribution in [0.4, 0.5) is 0 Å². The van der Waals surface area contributed by atoms with E-state index < -0.39 is 0 Å². The molecular formula is C13H22N4OS. The molecule has 0 radical (unpaired) electrons. The van der Waals surface area contributed by atoms with Crippen LogP contribution in [0.25, 0.3) is 0 Å². The molecule has 2 aliphatic heterocycles. The molecule has 6 heteroatoms. The van der Waals surface area contributed by atoms with Crippen molar-refractivity contribution >= 4 is 11.3 Å². The van der Waals surface area contributed by atoms with Crippen molar-refractivity contribution in [2.45, 2.75) is 44.9 Å². The van der Waals surface area contributed by atoms with Crippen molar-refractivity contribution in [2.75, 3.05) is 26.2 Å². The molecule has 0 aromatic carbocycles. The molecule has 1 N–H and O–H groups in total. The highest BCUT2D eigenvalue weighted by atomic mass is 32.1. The molecule has 2 unspecified atom stereocenters. The number of aromatic nitrogens is 2. The minimum atomic E-state index is -0.216. The number of aliphatic hydroxyl groups excluding tert-OH is 1. The zero-order chi connectivity index (χ0) is 13.2. The van der Waals surface area contributed by atoms with Crippen LogP contribution in [-0.4, -0.2) is 63.4 Å². The van der Waals surface area contributed by atoms with Gasteiger partial charge in [0.2, 0.25) is 0 Å². The number of aliphatic hydroxyl groups is 1. The lowest BCUT2D eigenvalue weighted by Gasteiger charge is -2.33. The van der Waals surface area contributed by atoms with Gasteiger partial charge in [0.1, 0.15) is 10.0 Å². The third kappa shape index (κ3) is 3.13. The molecule has 2 fully saturated rings. The average molecular weight is 282 g/mol. The molecule has 2 aliphatic rings. The predicted octanol–water partition coefficient (Wildman–Crippen LogP) is 0.878. The van der Waals surface area contributed by atoms with Crippen molar-refractivity contribution < 1.29 is 5.11 Å². The van der Waals surface area contributed by atoms with E-state index in [-0.39, 0.29) is 6.10 Å². The lowest BCUT2D eigenvalue weighted by molar-refractivity contribution is 0.0706. The molecule has 3 heterocycles. The first-order valence-corrected chi connectivity index (χ1v) is 7.97. The molecule has 2 atom stereocenters. The summed E-state index contributed by atoms with van der Waals surface area (Å²) in [5.41, 5.74) is 0. The molecule has 19 heavy (non-hydrogen) atoms. The largest absolute Gasteiger partial charge is 0.390 e. The Morgan fingerprint density at radius 3 is 2.68 bits per heavy atom. The second-order valence-corrected chi connectivity index (χ2v) is 6.91. The van der Waals surface area contributed by atoms with Crippen molar-refractivity contribution in [3.63, 3.8) is 0 Å². The van der Waals surface area contributed by atoms with Gasteiger partial charge >= 0.3 is 0 Å². The minimum Gasteiger partial charge on any atom is -0.390 e. The highest BCUT2D eigenvalue weighted by Crippen LogP contribution is 2.22. The number of β-amino-alcohol motifs (C(OH)–C–C–N with tert-alkyl or cyclic N) is 1. The standard InChI is InChI=1S/C13H22N4OS/c1-10-14-15-13(19-10)9-16-7-11(12(18)8-16)17-5-3-2-4-6-17/h11-12,18H,2-9H2,1H3. The number of hydrogen-bond donors (Lipinski definition) is 1. The van der Waals surface area contributed by atoms with E-state index in [1.165, 1.54) is 19.3 Å². The van der Waals surface area contributed by atoms with E-state index in [1.807, 2.05) is 6.92 Å². The van der Waals surface area contributed by atoms with Gasteiger partial charge in [-0.2, -0.15) is 0 Å². The number of rotatable bonds is 3. The first kappa shape index (κ1) is 13.4. The van der Waals surface area contributed by atoms with Gasteiger partial charge in [-0.15, -0.1) is 21.5 Å². The van der Waals surface area contributed by atoms with E-state index in [2.05, 4.69) is 20.0 Å². The van der Waals surface area contributed by atoms with Crippen LogP contribution in [-0.2, 0) is 6.54 Å². The van der Waals surface area contributed by atoms with E-state index in [0.29, 0.717) is 6.04 Å².